The van der Waals surface area contributed by atoms with Crippen LogP contribution in [0.4, 0.5) is 5.82 Å². The summed E-state index contributed by atoms with van der Waals surface area (Å²) in [4.78, 5) is 19.1. The minimum absolute atomic E-state index is 0.116. The van der Waals surface area contributed by atoms with Gasteiger partial charge in [-0.3, -0.25) is 15.0 Å². The summed E-state index contributed by atoms with van der Waals surface area (Å²) >= 11 is 0. The maximum Gasteiger partial charge on any atom is 0.267 e. The van der Waals surface area contributed by atoms with E-state index in [1.165, 1.54) is 23.9 Å². The van der Waals surface area contributed by atoms with Crippen LogP contribution in [-0.4, -0.2) is 45.4 Å². The molecule has 0 unspecified atom stereocenters. The van der Waals surface area contributed by atoms with Crippen molar-refractivity contribution in [3.05, 3.63) is 60.1 Å². The van der Waals surface area contributed by atoms with E-state index in [1.54, 1.807) is 0 Å². The molecule has 1 aromatic heterocycles. The van der Waals surface area contributed by atoms with Crippen LogP contribution in [0, 0.1) is 0 Å². The first-order chi connectivity index (χ1) is 12.2. The minimum atomic E-state index is -0.653. The number of hydrogen-bond acceptors (Lipinski definition) is 7. The molecule has 1 heterocycles. The lowest BCUT2D eigenvalue weighted by Gasteiger charge is -2.17. The van der Waals surface area contributed by atoms with Crippen molar-refractivity contribution in [2.45, 2.75) is 12.6 Å². The second-order valence-electron chi connectivity index (χ2n) is 5.16. The van der Waals surface area contributed by atoms with Crippen LogP contribution in [0.1, 0.15) is 11.3 Å². The molecule has 8 heteroatoms. The number of carbonyl (C=O) groups excluding carboxylic acids is 1. The molecule has 25 heavy (non-hydrogen) atoms. The highest BCUT2D eigenvalue weighted by atomic mass is 16.5. The number of aromatic nitrogens is 2. The lowest BCUT2D eigenvalue weighted by atomic mass is 10.2. The van der Waals surface area contributed by atoms with Crippen LogP contribution in [0.15, 0.2) is 48.8 Å². The Balaban J connectivity index is 1.82. The fourth-order valence-corrected chi connectivity index (χ4v) is 1.94. The molecule has 0 saturated heterocycles. The van der Waals surface area contributed by atoms with Crippen molar-refractivity contribution in [1.82, 2.24) is 15.4 Å². The molecule has 0 radical (unpaired) electrons. The van der Waals surface area contributed by atoms with E-state index in [4.69, 9.17) is 9.94 Å². The van der Waals surface area contributed by atoms with Gasteiger partial charge < -0.3 is 15.2 Å². The van der Waals surface area contributed by atoms with Crippen LogP contribution >= 0.6 is 0 Å². The number of anilines is 1. The van der Waals surface area contributed by atoms with E-state index in [0.717, 1.165) is 11.6 Å². The average Bonchev–Trinajstić information content (AvgIpc) is 2.67. The molecule has 1 aromatic carbocycles. The summed E-state index contributed by atoms with van der Waals surface area (Å²) in [5.74, 6) is -0.175. The van der Waals surface area contributed by atoms with Gasteiger partial charge in [0.25, 0.3) is 5.91 Å². The highest BCUT2D eigenvalue weighted by Gasteiger charge is 2.08. The molecule has 2 rings (SSSR count). The van der Waals surface area contributed by atoms with Crippen LogP contribution in [0.5, 0.6) is 0 Å². The zero-order valence-corrected chi connectivity index (χ0v) is 13.5. The number of rotatable bonds is 9. The molecule has 0 aliphatic carbocycles. The van der Waals surface area contributed by atoms with Crippen molar-refractivity contribution in [2.75, 3.05) is 18.5 Å². The number of amides is 1. The third-order valence-electron chi connectivity index (χ3n) is 3.19. The molecule has 1 amide bonds. The topological polar surface area (TPSA) is 117 Å². The predicted octanol–water partition coefficient (Wildman–Crippen LogP) is 0.985. The first-order valence-electron chi connectivity index (χ1n) is 7.64. The number of aliphatic hydroxyl groups excluding tert-OH is 1. The Morgan fingerprint density at radius 2 is 2.04 bits per heavy atom. The minimum Gasteiger partial charge on any atom is -0.394 e. The van der Waals surface area contributed by atoms with Crippen molar-refractivity contribution in [1.29, 1.82) is 0 Å². The maximum atomic E-state index is 10.9. The highest BCUT2D eigenvalue weighted by molar-refractivity contribution is 5.90. The van der Waals surface area contributed by atoms with E-state index in [9.17, 15) is 9.90 Å². The molecular formula is C17H20N4O4. The van der Waals surface area contributed by atoms with E-state index in [1.807, 2.05) is 30.3 Å². The zero-order valence-electron chi connectivity index (χ0n) is 13.5. The summed E-state index contributed by atoms with van der Waals surface area (Å²) in [6.07, 6.45) is 5.49. The van der Waals surface area contributed by atoms with Crippen molar-refractivity contribution in [3.63, 3.8) is 0 Å². The number of benzene rings is 1. The molecule has 2 aromatic rings. The lowest BCUT2D eigenvalue weighted by Crippen LogP contribution is -2.29. The molecule has 0 spiro atoms. The summed E-state index contributed by atoms with van der Waals surface area (Å²) in [7, 11) is 0. The van der Waals surface area contributed by atoms with E-state index < -0.39 is 5.91 Å². The fourth-order valence-electron chi connectivity index (χ4n) is 1.94. The molecule has 0 aliphatic heterocycles. The van der Waals surface area contributed by atoms with Crippen molar-refractivity contribution < 1.29 is 19.8 Å². The fraction of sp³-hybridized carbons (Fsp3) is 0.235. The molecule has 4 N–H and O–H groups in total. The van der Waals surface area contributed by atoms with Crippen LogP contribution in [0.25, 0.3) is 6.08 Å². The Morgan fingerprint density at radius 1 is 1.24 bits per heavy atom. The summed E-state index contributed by atoms with van der Waals surface area (Å²) in [6.45, 7) is 0.654. The second-order valence-corrected chi connectivity index (χ2v) is 5.16. The Morgan fingerprint density at radius 3 is 2.68 bits per heavy atom. The van der Waals surface area contributed by atoms with Gasteiger partial charge in [0.1, 0.15) is 5.82 Å². The summed E-state index contributed by atoms with van der Waals surface area (Å²) in [5.41, 5.74) is 2.99. The number of nitrogens with one attached hydrogen (secondary N) is 2. The normalized spacial score (nSPS) is 12.1. The quantitative estimate of drug-likeness (QED) is 0.304. The Bertz CT molecular complexity index is 677. The third-order valence-corrected chi connectivity index (χ3v) is 3.19. The van der Waals surface area contributed by atoms with Gasteiger partial charge in [0.2, 0.25) is 0 Å². The van der Waals surface area contributed by atoms with Gasteiger partial charge in [0, 0.05) is 6.08 Å². The van der Waals surface area contributed by atoms with Crippen LogP contribution in [0.2, 0.25) is 0 Å². The van der Waals surface area contributed by atoms with Crippen molar-refractivity contribution in [2.24, 2.45) is 0 Å². The summed E-state index contributed by atoms with van der Waals surface area (Å²) in [5, 5.41) is 20.9. The average molecular weight is 344 g/mol. The number of hydroxylamine groups is 1. The van der Waals surface area contributed by atoms with Gasteiger partial charge in [-0.1, -0.05) is 30.3 Å². The molecule has 0 aliphatic rings. The third kappa shape index (κ3) is 6.68. The Hall–Kier alpha value is -2.81. The van der Waals surface area contributed by atoms with E-state index in [0.29, 0.717) is 24.7 Å². The van der Waals surface area contributed by atoms with Gasteiger partial charge in [-0.25, -0.2) is 10.5 Å². The van der Waals surface area contributed by atoms with Gasteiger partial charge in [-0.15, -0.1) is 0 Å². The van der Waals surface area contributed by atoms with Crippen molar-refractivity contribution >= 4 is 17.8 Å². The van der Waals surface area contributed by atoms with Gasteiger partial charge in [-0.2, -0.15) is 0 Å². The zero-order chi connectivity index (χ0) is 17.9. The molecule has 132 valence electrons. The molecular weight excluding hydrogens is 324 g/mol. The first kappa shape index (κ1) is 18.5. The number of nitrogens with zero attached hydrogens (tertiary/aromatic N) is 2. The SMILES string of the molecule is O=C(C=Cc1cnc(N[C@H](CO)COCc2ccccc2)cn1)NO. The Labute approximate surface area is 145 Å². The number of hydrogen-bond donors (Lipinski definition) is 4. The van der Waals surface area contributed by atoms with Crippen molar-refractivity contribution in [3.8, 4) is 0 Å². The van der Waals surface area contributed by atoms with Gasteiger partial charge in [-0.05, 0) is 11.6 Å². The highest BCUT2D eigenvalue weighted by Crippen LogP contribution is 2.06. The monoisotopic (exact) mass is 344 g/mol. The van der Waals surface area contributed by atoms with Crippen LogP contribution < -0.4 is 10.8 Å². The summed E-state index contributed by atoms with van der Waals surface area (Å²) in [6, 6.07) is 9.44. The Kier molecular flexibility index (Phi) is 7.51. The predicted molar refractivity (Wildman–Crippen MR) is 91.6 cm³/mol. The standard InChI is InChI=1S/C17H20N4O4/c22-10-15(12-25-11-13-4-2-1-3-5-13)20-16-9-18-14(8-19-16)6-7-17(23)21-24/h1-9,15,22,24H,10-12H2,(H,19,20)(H,21,23)/t15-/m1/s1. The first-order valence-corrected chi connectivity index (χ1v) is 7.64. The smallest absolute Gasteiger partial charge is 0.267 e. The second kappa shape index (κ2) is 10.1. The number of ether oxygens (including phenoxy) is 1. The molecule has 0 bridgehead atoms. The number of aliphatic hydroxyl groups is 1. The molecule has 0 saturated carbocycles. The number of carbonyl (C=O) groups is 1. The van der Waals surface area contributed by atoms with Gasteiger partial charge in [0.15, 0.2) is 0 Å². The van der Waals surface area contributed by atoms with E-state index >= 15 is 0 Å². The lowest BCUT2D eigenvalue weighted by molar-refractivity contribution is -0.124. The van der Waals surface area contributed by atoms with Crippen LogP contribution in [-0.2, 0) is 16.1 Å². The maximum absolute atomic E-state index is 10.9. The van der Waals surface area contributed by atoms with Crippen LogP contribution in [0.3, 0.4) is 0 Å². The van der Waals surface area contributed by atoms with Gasteiger partial charge in [0.05, 0.1) is 44.0 Å². The largest absolute Gasteiger partial charge is 0.394 e. The molecule has 8 nitrogen and oxygen atoms in total. The van der Waals surface area contributed by atoms with E-state index in [2.05, 4.69) is 15.3 Å². The van der Waals surface area contributed by atoms with E-state index in [-0.39, 0.29) is 12.6 Å². The molecule has 0 fully saturated rings. The molecule has 1 atom stereocenters. The van der Waals surface area contributed by atoms with Gasteiger partial charge >= 0.3 is 0 Å². The summed E-state index contributed by atoms with van der Waals surface area (Å²) < 4.78 is 5.60.